The van der Waals surface area contributed by atoms with E-state index in [0.29, 0.717) is 21.2 Å². The number of fused-ring (bicyclic) bond motifs is 1. The van der Waals surface area contributed by atoms with Crippen molar-refractivity contribution in [1.82, 2.24) is 0 Å². The molecular formula is C20H13BrCl2N2O. The van der Waals surface area contributed by atoms with E-state index in [0.717, 1.165) is 15.8 Å². The van der Waals surface area contributed by atoms with Gasteiger partial charge in [0.05, 0.1) is 5.56 Å². The fourth-order valence-electron chi connectivity index (χ4n) is 3.10. The Hall–Kier alpha value is -2.01. The Morgan fingerprint density at radius 2 is 1.54 bits per heavy atom. The molecule has 0 bridgehead atoms. The molecular weight excluding hydrogens is 435 g/mol. The molecule has 4 rings (SSSR count). The molecule has 6 heteroatoms. The summed E-state index contributed by atoms with van der Waals surface area (Å²) in [4.78, 5) is 15.0. The first kappa shape index (κ1) is 17.4. The van der Waals surface area contributed by atoms with Crippen molar-refractivity contribution in [3.05, 3.63) is 92.4 Å². The predicted octanol–water partition coefficient (Wildman–Crippen LogP) is 6.53. The summed E-state index contributed by atoms with van der Waals surface area (Å²) in [7, 11) is 0. The quantitative estimate of drug-likeness (QED) is 0.484. The largest absolute Gasteiger partial charge is 0.360 e. The minimum atomic E-state index is -0.514. The predicted molar refractivity (Wildman–Crippen MR) is 110 cm³/mol. The molecule has 0 fully saturated rings. The molecule has 1 atom stereocenters. The maximum absolute atomic E-state index is 13.3. The third-order valence-electron chi connectivity index (χ3n) is 4.30. The van der Waals surface area contributed by atoms with Crippen molar-refractivity contribution in [3.8, 4) is 0 Å². The van der Waals surface area contributed by atoms with E-state index in [4.69, 9.17) is 23.2 Å². The van der Waals surface area contributed by atoms with Gasteiger partial charge in [-0.1, -0.05) is 57.3 Å². The molecule has 3 aromatic carbocycles. The van der Waals surface area contributed by atoms with Crippen LogP contribution in [0.25, 0.3) is 0 Å². The van der Waals surface area contributed by atoms with Crippen molar-refractivity contribution in [2.45, 2.75) is 6.17 Å². The lowest BCUT2D eigenvalue weighted by molar-refractivity contribution is 0.0975. The first-order valence-corrected chi connectivity index (χ1v) is 9.50. The zero-order valence-corrected chi connectivity index (χ0v) is 16.5. The number of nitrogens with one attached hydrogen (secondary N) is 1. The second kappa shape index (κ2) is 6.95. The summed E-state index contributed by atoms with van der Waals surface area (Å²) in [6, 6.07) is 20.3. The zero-order valence-electron chi connectivity index (χ0n) is 13.4. The number of hydrogen-bond donors (Lipinski definition) is 1. The molecule has 0 radical (unpaired) electrons. The van der Waals surface area contributed by atoms with Crippen molar-refractivity contribution in [1.29, 1.82) is 0 Å². The third-order valence-corrected chi connectivity index (χ3v) is 5.49. The number of amides is 1. The Labute approximate surface area is 169 Å². The van der Waals surface area contributed by atoms with E-state index in [2.05, 4.69) is 21.2 Å². The fraction of sp³-hybridized carbons (Fsp3) is 0.0500. The molecule has 3 aromatic rings. The molecule has 1 N–H and O–H groups in total. The number of nitrogens with zero attached hydrogens (tertiary/aromatic N) is 1. The van der Waals surface area contributed by atoms with E-state index < -0.39 is 6.17 Å². The van der Waals surface area contributed by atoms with Gasteiger partial charge in [0.25, 0.3) is 5.91 Å². The second-order valence-corrected chi connectivity index (χ2v) is 7.61. The Morgan fingerprint density at radius 1 is 0.885 bits per heavy atom. The smallest absolute Gasteiger partial charge is 0.262 e. The van der Waals surface area contributed by atoms with Gasteiger partial charge in [-0.15, -0.1) is 0 Å². The van der Waals surface area contributed by atoms with Crippen molar-refractivity contribution in [2.24, 2.45) is 0 Å². The van der Waals surface area contributed by atoms with Crippen LogP contribution in [0.1, 0.15) is 22.1 Å². The highest BCUT2D eigenvalue weighted by Crippen LogP contribution is 2.41. The summed E-state index contributed by atoms with van der Waals surface area (Å²) in [6.07, 6.45) is -0.514. The maximum Gasteiger partial charge on any atom is 0.262 e. The molecule has 0 aliphatic carbocycles. The monoisotopic (exact) mass is 446 g/mol. The highest BCUT2D eigenvalue weighted by molar-refractivity contribution is 9.10. The molecule has 0 saturated carbocycles. The molecule has 130 valence electrons. The van der Waals surface area contributed by atoms with Gasteiger partial charge in [-0.2, -0.15) is 0 Å². The van der Waals surface area contributed by atoms with Gasteiger partial charge in [0, 0.05) is 31.5 Å². The van der Waals surface area contributed by atoms with Crippen LogP contribution in [0, 0.1) is 0 Å². The van der Waals surface area contributed by atoms with Crippen molar-refractivity contribution in [2.75, 3.05) is 10.2 Å². The Kier molecular flexibility index (Phi) is 4.65. The molecule has 1 aliphatic heterocycles. The minimum Gasteiger partial charge on any atom is -0.360 e. The van der Waals surface area contributed by atoms with Gasteiger partial charge in [-0.3, -0.25) is 9.69 Å². The topological polar surface area (TPSA) is 32.3 Å². The highest BCUT2D eigenvalue weighted by Gasteiger charge is 2.36. The van der Waals surface area contributed by atoms with Crippen molar-refractivity contribution >= 4 is 56.4 Å². The summed E-state index contributed by atoms with van der Waals surface area (Å²) < 4.78 is 0.936. The molecule has 0 spiro atoms. The number of halogens is 3. The van der Waals surface area contributed by atoms with E-state index in [1.807, 2.05) is 42.5 Å². The Balaban J connectivity index is 1.92. The lowest BCUT2D eigenvalue weighted by Crippen LogP contribution is -2.43. The number of anilines is 2. The van der Waals surface area contributed by atoms with Crippen LogP contribution in [-0.2, 0) is 0 Å². The number of hydrogen-bond acceptors (Lipinski definition) is 2. The van der Waals surface area contributed by atoms with Gasteiger partial charge >= 0.3 is 0 Å². The summed E-state index contributed by atoms with van der Waals surface area (Å²) in [5.74, 6) is -0.109. The molecule has 1 heterocycles. The van der Waals surface area contributed by atoms with Gasteiger partial charge in [-0.25, -0.2) is 0 Å². The molecule has 1 aliphatic rings. The van der Waals surface area contributed by atoms with E-state index in [9.17, 15) is 4.79 Å². The summed E-state index contributed by atoms with van der Waals surface area (Å²) >= 11 is 16.3. The third kappa shape index (κ3) is 2.98. The standard InChI is InChI=1S/C20H13BrCl2N2O/c21-12-8-10-13(11-9-12)25-19(18-15(22)5-3-6-16(18)23)24-17-7-2-1-4-14(17)20(25)26/h1-11,19,24H/t19-/m0/s1. The van der Waals surface area contributed by atoms with Crippen LogP contribution < -0.4 is 10.2 Å². The number of para-hydroxylation sites is 1. The Bertz CT molecular complexity index is 971. The average molecular weight is 448 g/mol. The van der Waals surface area contributed by atoms with Crippen LogP contribution in [0.15, 0.2) is 71.2 Å². The van der Waals surface area contributed by atoms with Gasteiger partial charge in [0.1, 0.15) is 6.17 Å². The first-order valence-electron chi connectivity index (χ1n) is 7.95. The van der Waals surface area contributed by atoms with Crippen molar-refractivity contribution in [3.63, 3.8) is 0 Å². The SMILES string of the molecule is O=C1c2ccccc2N[C@H](c2c(Cl)cccc2Cl)N1c1ccc(Br)cc1. The van der Waals surface area contributed by atoms with Crippen molar-refractivity contribution < 1.29 is 4.79 Å². The first-order chi connectivity index (χ1) is 12.6. The van der Waals surface area contributed by atoms with Gasteiger partial charge in [0.15, 0.2) is 0 Å². The number of carbonyl (C=O) groups is 1. The van der Waals surface area contributed by atoms with E-state index in [1.165, 1.54) is 0 Å². The zero-order chi connectivity index (χ0) is 18.3. The van der Waals surface area contributed by atoms with Gasteiger partial charge in [-0.05, 0) is 48.5 Å². The summed E-state index contributed by atoms with van der Waals surface area (Å²) in [5.41, 5.74) is 2.78. The number of carbonyl (C=O) groups excluding carboxylic acids is 1. The molecule has 26 heavy (non-hydrogen) atoms. The van der Waals surface area contributed by atoms with Gasteiger partial charge in [0.2, 0.25) is 0 Å². The summed E-state index contributed by atoms with van der Waals surface area (Å²) in [6.45, 7) is 0. The second-order valence-electron chi connectivity index (χ2n) is 5.88. The number of rotatable bonds is 2. The average Bonchev–Trinajstić information content (AvgIpc) is 2.63. The van der Waals surface area contributed by atoms with Gasteiger partial charge < -0.3 is 5.32 Å². The van der Waals surface area contributed by atoms with E-state index in [1.54, 1.807) is 29.2 Å². The Morgan fingerprint density at radius 3 is 2.23 bits per heavy atom. The van der Waals surface area contributed by atoms with E-state index in [-0.39, 0.29) is 5.91 Å². The molecule has 0 saturated heterocycles. The maximum atomic E-state index is 13.3. The van der Waals surface area contributed by atoms with Crippen LogP contribution in [-0.4, -0.2) is 5.91 Å². The van der Waals surface area contributed by atoms with E-state index >= 15 is 0 Å². The van der Waals surface area contributed by atoms with Crippen LogP contribution in [0.4, 0.5) is 11.4 Å². The lowest BCUT2D eigenvalue weighted by Gasteiger charge is -2.38. The highest BCUT2D eigenvalue weighted by atomic mass is 79.9. The molecule has 0 aromatic heterocycles. The number of benzene rings is 3. The molecule has 3 nitrogen and oxygen atoms in total. The van der Waals surface area contributed by atoms with Crippen LogP contribution >= 0.6 is 39.1 Å². The van der Waals surface area contributed by atoms with Crippen LogP contribution in [0.2, 0.25) is 10.0 Å². The molecule has 1 amide bonds. The van der Waals surface area contributed by atoms with Crippen LogP contribution in [0.5, 0.6) is 0 Å². The van der Waals surface area contributed by atoms with Crippen LogP contribution in [0.3, 0.4) is 0 Å². The summed E-state index contributed by atoms with van der Waals surface area (Å²) in [5, 5.41) is 4.42. The fourth-order valence-corrected chi connectivity index (χ4v) is 3.96. The normalized spacial score (nSPS) is 16.2. The molecule has 0 unspecified atom stereocenters. The minimum absolute atomic E-state index is 0.109. The lowest BCUT2D eigenvalue weighted by atomic mass is 10.0.